The summed E-state index contributed by atoms with van der Waals surface area (Å²) in [5, 5.41) is 2.08. The first-order chi connectivity index (χ1) is 25.8. The van der Waals surface area contributed by atoms with Crippen LogP contribution < -0.4 is 14.8 Å². The summed E-state index contributed by atoms with van der Waals surface area (Å²) in [5.41, 5.74) is -1.20. The van der Waals surface area contributed by atoms with Gasteiger partial charge in [-0.15, -0.1) is 0 Å². The molecule has 1 aromatic rings. The van der Waals surface area contributed by atoms with Crippen LogP contribution in [0.3, 0.4) is 0 Å². The van der Waals surface area contributed by atoms with Crippen LogP contribution in [0.15, 0.2) is 30.4 Å². The van der Waals surface area contributed by atoms with Crippen molar-refractivity contribution in [3.8, 4) is 5.75 Å². The van der Waals surface area contributed by atoms with Crippen molar-refractivity contribution in [1.82, 2.24) is 19.8 Å². The highest BCUT2D eigenvalue weighted by atomic mass is 32.2. The Balaban J connectivity index is 1.27. The lowest BCUT2D eigenvalue weighted by Gasteiger charge is -2.35. The quantitative estimate of drug-likeness (QED) is 0.381. The third-order valence-electron chi connectivity index (χ3n) is 11.2. The van der Waals surface area contributed by atoms with Crippen molar-refractivity contribution < 1.29 is 51.3 Å². The molecule has 5 aliphatic rings. The number of ether oxygens (including phenoxy) is 4. The highest BCUT2D eigenvalue weighted by Gasteiger charge is 2.62. The number of fused-ring (bicyclic) bond motifs is 3. The number of sulfonamides is 1. The van der Waals surface area contributed by atoms with E-state index in [1.807, 2.05) is 31.2 Å². The zero-order valence-corrected chi connectivity index (χ0v) is 33.4. The summed E-state index contributed by atoms with van der Waals surface area (Å²) in [7, 11) is -3.86. The number of carbonyl (C=O) groups is 5. The first-order valence-corrected chi connectivity index (χ1v) is 20.7. The van der Waals surface area contributed by atoms with E-state index in [4.69, 9.17) is 18.9 Å². The predicted octanol–water partition coefficient (Wildman–Crippen LogP) is 3.98. The highest BCUT2D eigenvalue weighted by Crippen LogP contribution is 2.58. The van der Waals surface area contributed by atoms with Crippen LogP contribution in [0.2, 0.25) is 0 Å². The van der Waals surface area contributed by atoms with E-state index in [2.05, 4.69) is 10.0 Å². The van der Waals surface area contributed by atoms with Gasteiger partial charge in [-0.2, -0.15) is 0 Å². The standard InChI is InChI=1S/C39H54N4O11S/c1-7-25-18-39(25,34(46)41-55(49,50)27-13-14-27)19-30(44)29-17-26-21-43(29)33(45)32(37(2,3)4)40-35(47)52-23-38(5,6)53-16-9-8-15-51-31-12-10-11-24-20-42(22-28(24)31)36(48)54-26/h8-12,25-27,29,32H,7,13-23H2,1-6H3,(H,40,47)(H,41,46)/b9-8+/t25-,26+,29?,32+,39-/m0/s1. The molecule has 16 heteroatoms. The average Bonchev–Trinajstić information content (AvgIpc) is 4.00. The minimum absolute atomic E-state index is 0.0422. The maximum atomic E-state index is 14.6. The molecule has 5 atom stereocenters. The lowest BCUT2D eigenvalue weighted by atomic mass is 9.85. The molecule has 6 rings (SSSR count). The molecule has 1 saturated heterocycles. The highest BCUT2D eigenvalue weighted by molar-refractivity contribution is 7.90. The number of benzene rings is 1. The summed E-state index contributed by atoms with van der Waals surface area (Å²) in [6.07, 6.45) is 2.74. The molecular formula is C39H54N4O11S. The van der Waals surface area contributed by atoms with E-state index in [0.717, 1.165) is 11.1 Å². The summed E-state index contributed by atoms with van der Waals surface area (Å²) in [4.78, 5) is 72.3. The van der Waals surface area contributed by atoms with E-state index >= 15 is 0 Å². The summed E-state index contributed by atoms with van der Waals surface area (Å²) in [6.45, 7) is 11.5. The molecule has 0 radical (unpaired) electrons. The molecule has 1 unspecified atom stereocenters. The van der Waals surface area contributed by atoms with Gasteiger partial charge in [0.2, 0.25) is 21.8 Å². The fraction of sp³-hybridized carbons (Fsp3) is 0.667. The van der Waals surface area contributed by atoms with Crippen LogP contribution in [0.25, 0.3) is 0 Å². The van der Waals surface area contributed by atoms with Crippen LogP contribution in [0, 0.1) is 16.7 Å². The number of amides is 4. The van der Waals surface area contributed by atoms with Crippen molar-refractivity contribution in [2.75, 3.05) is 26.4 Å². The van der Waals surface area contributed by atoms with E-state index in [0.29, 0.717) is 31.4 Å². The van der Waals surface area contributed by atoms with Crippen LogP contribution in [0.1, 0.15) is 91.2 Å². The van der Waals surface area contributed by atoms with Crippen molar-refractivity contribution in [1.29, 1.82) is 0 Å². The number of ketones is 1. The second kappa shape index (κ2) is 15.4. The summed E-state index contributed by atoms with van der Waals surface area (Å²) in [5.74, 6) is -1.33. The predicted molar refractivity (Wildman–Crippen MR) is 199 cm³/mol. The molecule has 0 aromatic heterocycles. The van der Waals surface area contributed by atoms with E-state index < -0.39 is 79.7 Å². The SMILES string of the molecule is CC[C@H]1C[C@@]1(CC(=O)C1C[C@@H]2CN1C(=O)[C@H](C(C)(C)C)NC(=O)OCC(C)(C)OC/C=C/COc1cccc3c1CN(C3)C(=O)O2)C(=O)NS(=O)(=O)C1CC1. The first kappa shape index (κ1) is 40.5. The number of alkyl carbamates (subject to hydrolysis) is 1. The van der Waals surface area contributed by atoms with Crippen molar-refractivity contribution in [2.45, 2.75) is 122 Å². The number of nitrogens with zero attached hydrogens (tertiary/aromatic N) is 2. The van der Waals surface area contributed by atoms with Crippen LogP contribution in [-0.2, 0) is 51.7 Å². The minimum Gasteiger partial charge on any atom is -0.489 e. The number of hydrogen-bond acceptors (Lipinski definition) is 11. The Morgan fingerprint density at radius 2 is 1.76 bits per heavy atom. The molecule has 15 nitrogen and oxygen atoms in total. The lowest BCUT2D eigenvalue weighted by Crippen LogP contribution is -2.57. The van der Waals surface area contributed by atoms with Crippen molar-refractivity contribution in [3.63, 3.8) is 0 Å². The molecule has 2 aliphatic carbocycles. The topological polar surface area (TPSA) is 187 Å². The molecule has 0 spiro atoms. The first-order valence-electron chi connectivity index (χ1n) is 19.1. The van der Waals surface area contributed by atoms with E-state index in [1.54, 1.807) is 40.7 Å². The molecule has 302 valence electrons. The van der Waals surface area contributed by atoms with Gasteiger partial charge in [-0.3, -0.25) is 24.0 Å². The molecular weight excluding hydrogens is 733 g/mol. The zero-order valence-electron chi connectivity index (χ0n) is 32.6. The Hall–Kier alpha value is -4.18. The summed E-state index contributed by atoms with van der Waals surface area (Å²) in [6, 6.07) is 3.33. The van der Waals surface area contributed by atoms with Gasteiger partial charge >= 0.3 is 12.2 Å². The number of rotatable bonds is 7. The average molecular weight is 787 g/mol. The maximum absolute atomic E-state index is 14.6. The van der Waals surface area contributed by atoms with Gasteiger partial charge in [-0.25, -0.2) is 18.0 Å². The van der Waals surface area contributed by atoms with Gasteiger partial charge in [-0.1, -0.05) is 52.3 Å². The van der Waals surface area contributed by atoms with Crippen LogP contribution in [0.5, 0.6) is 5.75 Å². The summed E-state index contributed by atoms with van der Waals surface area (Å²) >= 11 is 0. The minimum atomic E-state index is -3.86. The lowest BCUT2D eigenvalue weighted by molar-refractivity contribution is -0.142. The Labute approximate surface area is 322 Å². The number of hydrogen-bond donors (Lipinski definition) is 2. The summed E-state index contributed by atoms with van der Waals surface area (Å²) < 4.78 is 51.2. The van der Waals surface area contributed by atoms with Crippen LogP contribution >= 0.6 is 0 Å². The van der Waals surface area contributed by atoms with Gasteiger partial charge < -0.3 is 29.2 Å². The zero-order chi connectivity index (χ0) is 39.9. The van der Waals surface area contributed by atoms with Gasteiger partial charge in [0.15, 0.2) is 5.78 Å². The normalized spacial score (nSPS) is 29.5. The molecule has 4 bridgehead atoms. The molecule has 3 aliphatic heterocycles. The number of cyclic esters (lactones) is 1. The molecule has 55 heavy (non-hydrogen) atoms. The van der Waals surface area contributed by atoms with Gasteiger partial charge in [0.1, 0.15) is 31.1 Å². The third kappa shape index (κ3) is 9.11. The Bertz CT molecular complexity index is 1840. The van der Waals surface area contributed by atoms with E-state index in [9.17, 15) is 32.4 Å². The largest absolute Gasteiger partial charge is 0.489 e. The van der Waals surface area contributed by atoms with Crippen molar-refractivity contribution in [2.24, 2.45) is 16.7 Å². The van der Waals surface area contributed by atoms with Gasteiger partial charge in [0, 0.05) is 24.9 Å². The maximum Gasteiger partial charge on any atom is 0.410 e. The number of carbonyl (C=O) groups excluding carboxylic acids is 5. The second-order valence-corrected chi connectivity index (χ2v) is 19.1. The molecule has 2 N–H and O–H groups in total. The van der Waals surface area contributed by atoms with E-state index in [-0.39, 0.29) is 58.2 Å². The van der Waals surface area contributed by atoms with Gasteiger partial charge in [-0.05, 0) is 62.1 Å². The second-order valence-electron chi connectivity index (χ2n) is 17.2. The van der Waals surface area contributed by atoms with E-state index in [1.165, 1.54) is 9.80 Å². The van der Waals surface area contributed by atoms with Gasteiger partial charge in [0.25, 0.3) is 0 Å². The molecule has 1 aromatic carbocycles. The molecule has 4 amide bonds. The van der Waals surface area contributed by atoms with Crippen LogP contribution in [0.4, 0.5) is 9.59 Å². The molecule has 3 heterocycles. The molecule has 2 saturated carbocycles. The number of nitrogens with one attached hydrogen (secondary N) is 2. The Morgan fingerprint density at radius 3 is 2.44 bits per heavy atom. The Kier molecular flexibility index (Phi) is 11.3. The molecule has 3 fully saturated rings. The fourth-order valence-corrected chi connectivity index (χ4v) is 9.10. The number of Topliss-reactive ketones (excluding diaryl/α,β-unsaturated/α-hetero) is 1. The van der Waals surface area contributed by atoms with Crippen molar-refractivity contribution >= 4 is 39.8 Å². The van der Waals surface area contributed by atoms with Crippen LogP contribution in [-0.4, -0.2) is 103 Å². The third-order valence-corrected chi connectivity index (χ3v) is 13.1. The Morgan fingerprint density at radius 1 is 1.04 bits per heavy atom. The fourth-order valence-electron chi connectivity index (χ4n) is 7.72. The van der Waals surface area contributed by atoms with Crippen molar-refractivity contribution in [3.05, 3.63) is 41.5 Å². The smallest absolute Gasteiger partial charge is 0.410 e. The van der Waals surface area contributed by atoms with Gasteiger partial charge in [0.05, 0.1) is 42.0 Å². The monoisotopic (exact) mass is 786 g/mol.